The number of halogens is 3. The number of nitrogens with two attached hydrogens (primary N) is 1. The van der Waals surface area contributed by atoms with Gasteiger partial charge < -0.3 is 15.4 Å². The number of nitrogens with zero attached hydrogens (tertiary/aromatic N) is 2. The molecule has 0 saturated carbocycles. The van der Waals surface area contributed by atoms with Crippen LogP contribution in [-0.2, 0) is 6.42 Å². The highest BCUT2D eigenvalue weighted by Gasteiger charge is 2.29. The van der Waals surface area contributed by atoms with Crippen molar-refractivity contribution in [3.8, 4) is 5.75 Å². The van der Waals surface area contributed by atoms with Crippen LogP contribution in [0.1, 0.15) is 21.9 Å². The molecule has 0 bridgehead atoms. The molecule has 1 amide bonds. The minimum Gasteiger partial charge on any atom is -0.488 e. The number of ether oxygens (including phenoxy) is 1. The van der Waals surface area contributed by atoms with Crippen LogP contribution in [0.3, 0.4) is 0 Å². The van der Waals surface area contributed by atoms with E-state index < -0.39 is 0 Å². The third kappa shape index (κ3) is 4.99. The van der Waals surface area contributed by atoms with E-state index in [0.717, 1.165) is 11.4 Å². The molecule has 1 atom stereocenters. The number of hydrogen-bond donors (Lipinski definition) is 1. The maximum atomic E-state index is 12.5. The summed E-state index contributed by atoms with van der Waals surface area (Å²) in [7, 11) is 0. The van der Waals surface area contributed by atoms with E-state index in [-0.39, 0.29) is 24.4 Å². The van der Waals surface area contributed by atoms with E-state index >= 15 is 0 Å². The van der Waals surface area contributed by atoms with Gasteiger partial charge in [0.2, 0.25) is 0 Å². The molecule has 1 aromatic heterocycles. The smallest absolute Gasteiger partial charge is 0.273 e. The lowest BCUT2D eigenvalue weighted by Gasteiger charge is -2.16. The number of benzene rings is 1. The number of rotatable bonds is 5. The van der Waals surface area contributed by atoms with Crippen molar-refractivity contribution in [2.75, 3.05) is 19.6 Å². The Morgan fingerprint density at radius 1 is 1.40 bits per heavy atom. The minimum absolute atomic E-state index is 0. The highest BCUT2D eigenvalue weighted by atomic mass is 35.5. The fraction of sp³-hybridized carbons (Fsp3) is 0.375. The van der Waals surface area contributed by atoms with Crippen molar-refractivity contribution >= 4 is 52.9 Å². The van der Waals surface area contributed by atoms with Gasteiger partial charge >= 0.3 is 0 Å². The Morgan fingerprint density at radius 2 is 2.20 bits per heavy atom. The third-order valence-electron chi connectivity index (χ3n) is 3.76. The molecule has 9 heteroatoms. The molecule has 0 radical (unpaired) electrons. The molecular weight excluding hydrogens is 405 g/mol. The largest absolute Gasteiger partial charge is 0.488 e. The first-order chi connectivity index (χ1) is 11.6. The summed E-state index contributed by atoms with van der Waals surface area (Å²) < 4.78 is 5.90. The summed E-state index contributed by atoms with van der Waals surface area (Å²) in [6.07, 6.45) is 1.40. The zero-order chi connectivity index (χ0) is 17.1. The first-order valence-electron chi connectivity index (χ1n) is 7.62. The summed E-state index contributed by atoms with van der Waals surface area (Å²) in [6, 6.07) is 5.16. The van der Waals surface area contributed by atoms with Crippen LogP contribution in [0.5, 0.6) is 5.75 Å². The molecule has 1 unspecified atom stereocenters. The molecule has 3 rings (SSSR count). The van der Waals surface area contributed by atoms with E-state index in [1.54, 1.807) is 28.5 Å². The van der Waals surface area contributed by atoms with Crippen molar-refractivity contribution in [1.29, 1.82) is 0 Å². The lowest BCUT2D eigenvalue weighted by molar-refractivity contribution is 0.0767. The van der Waals surface area contributed by atoms with Gasteiger partial charge in [0.1, 0.15) is 17.5 Å². The van der Waals surface area contributed by atoms with Gasteiger partial charge in [0.25, 0.3) is 5.91 Å². The fourth-order valence-corrected chi connectivity index (χ4v) is 3.64. The summed E-state index contributed by atoms with van der Waals surface area (Å²) in [6.45, 7) is 1.71. The van der Waals surface area contributed by atoms with E-state index in [0.29, 0.717) is 47.5 Å². The van der Waals surface area contributed by atoms with Crippen molar-refractivity contribution in [3.05, 3.63) is 44.3 Å². The highest BCUT2D eigenvalue weighted by Crippen LogP contribution is 2.28. The molecule has 0 spiro atoms. The second-order valence-electron chi connectivity index (χ2n) is 5.52. The average molecular weight is 423 g/mol. The van der Waals surface area contributed by atoms with E-state index in [4.69, 9.17) is 33.7 Å². The molecule has 1 aliphatic heterocycles. The minimum atomic E-state index is -0.0617. The molecule has 2 heterocycles. The summed E-state index contributed by atoms with van der Waals surface area (Å²) in [4.78, 5) is 18.6. The normalized spacial score (nSPS) is 16.6. The van der Waals surface area contributed by atoms with E-state index in [9.17, 15) is 4.79 Å². The zero-order valence-corrected chi connectivity index (χ0v) is 16.4. The molecule has 136 valence electrons. The second kappa shape index (κ2) is 9.05. The van der Waals surface area contributed by atoms with Crippen LogP contribution in [0.4, 0.5) is 0 Å². The molecule has 25 heavy (non-hydrogen) atoms. The summed E-state index contributed by atoms with van der Waals surface area (Å²) in [5, 5.41) is 3.63. The van der Waals surface area contributed by atoms with Gasteiger partial charge in [-0.3, -0.25) is 4.79 Å². The van der Waals surface area contributed by atoms with Crippen LogP contribution < -0.4 is 10.5 Å². The van der Waals surface area contributed by atoms with Crippen LogP contribution in [0.15, 0.2) is 23.6 Å². The summed E-state index contributed by atoms with van der Waals surface area (Å²) in [5.41, 5.74) is 6.00. The molecule has 1 fully saturated rings. The number of likely N-dealkylation sites (tertiary alicyclic amines) is 1. The van der Waals surface area contributed by atoms with Gasteiger partial charge in [-0.15, -0.1) is 23.7 Å². The highest BCUT2D eigenvalue weighted by molar-refractivity contribution is 7.09. The van der Waals surface area contributed by atoms with Crippen molar-refractivity contribution in [3.63, 3.8) is 0 Å². The zero-order valence-electron chi connectivity index (χ0n) is 13.3. The Hall–Kier alpha value is -1.05. The quantitative estimate of drug-likeness (QED) is 0.798. The van der Waals surface area contributed by atoms with Crippen LogP contribution in [0, 0.1) is 0 Å². The standard InChI is InChI=1S/C16H17Cl2N3O2S.ClH/c17-12-2-1-10(7-13(12)18)23-11-4-6-21(8-11)16(22)14-9-24-15(20-14)3-5-19;/h1-2,7,9,11H,3-6,8,19H2;1H. The predicted octanol–water partition coefficient (Wildman–Crippen LogP) is 3.67. The maximum absolute atomic E-state index is 12.5. The predicted molar refractivity (Wildman–Crippen MR) is 104 cm³/mol. The van der Waals surface area contributed by atoms with E-state index in [1.165, 1.54) is 11.3 Å². The van der Waals surface area contributed by atoms with Crippen LogP contribution >= 0.6 is 46.9 Å². The number of carbonyl (C=O) groups excluding carboxylic acids is 1. The first kappa shape index (κ1) is 20.3. The third-order valence-corrected chi connectivity index (χ3v) is 5.40. The van der Waals surface area contributed by atoms with Crippen LogP contribution in [0.2, 0.25) is 10.0 Å². The van der Waals surface area contributed by atoms with Crippen molar-refractivity contribution in [2.24, 2.45) is 5.73 Å². The van der Waals surface area contributed by atoms with E-state index in [1.807, 2.05) is 0 Å². The number of hydrogen-bond acceptors (Lipinski definition) is 5. The van der Waals surface area contributed by atoms with Gasteiger partial charge in [-0.05, 0) is 18.7 Å². The van der Waals surface area contributed by atoms with Gasteiger partial charge in [-0.2, -0.15) is 0 Å². The second-order valence-corrected chi connectivity index (χ2v) is 7.28. The fourth-order valence-electron chi connectivity index (χ4n) is 2.56. The van der Waals surface area contributed by atoms with Crippen LogP contribution in [-0.4, -0.2) is 41.5 Å². The molecular formula is C16H18Cl3N3O2S. The topological polar surface area (TPSA) is 68.5 Å². The van der Waals surface area contributed by atoms with Crippen molar-refractivity contribution in [1.82, 2.24) is 9.88 Å². The van der Waals surface area contributed by atoms with Crippen molar-refractivity contribution < 1.29 is 9.53 Å². The summed E-state index contributed by atoms with van der Waals surface area (Å²) in [5.74, 6) is 0.595. The number of aromatic nitrogens is 1. The summed E-state index contributed by atoms with van der Waals surface area (Å²) >= 11 is 13.4. The Bertz CT molecular complexity index is 741. The van der Waals surface area contributed by atoms with Gasteiger partial charge in [0.05, 0.1) is 21.6 Å². The molecule has 2 N–H and O–H groups in total. The molecule has 5 nitrogen and oxygen atoms in total. The average Bonchev–Trinajstić information content (AvgIpc) is 3.20. The van der Waals surface area contributed by atoms with Gasteiger partial charge in [-0.1, -0.05) is 23.2 Å². The van der Waals surface area contributed by atoms with Gasteiger partial charge in [0, 0.05) is 30.8 Å². The number of thiazole rings is 1. The molecule has 2 aromatic rings. The van der Waals surface area contributed by atoms with Gasteiger partial charge in [-0.25, -0.2) is 4.98 Å². The maximum Gasteiger partial charge on any atom is 0.273 e. The molecule has 1 saturated heterocycles. The van der Waals surface area contributed by atoms with E-state index in [2.05, 4.69) is 4.98 Å². The SMILES string of the molecule is Cl.NCCc1nc(C(=O)N2CCC(Oc3ccc(Cl)c(Cl)c3)C2)cs1. The van der Waals surface area contributed by atoms with Gasteiger partial charge in [0.15, 0.2) is 0 Å². The Labute approximate surface area is 166 Å². The number of amides is 1. The lowest BCUT2D eigenvalue weighted by atomic mass is 10.3. The Morgan fingerprint density at radius 3 is 2.92 bits per heavy atom. The Kier molecular flexibility index (Phi) is 7.34. The molecule has 1 aromatic carbocycles. The first-order valence-corrected chi connectivity index (χ1v) is 9.26. The van der Waals surface area contributed by atoms with Crippen molar-refractivity contribution in [2.45, 2.75) is 18.9 Å². The van der Waals surface area contributed by atoms with Crippen LogP contribution in [0.25, 0.3) is 0 Å². The monoisotopic (exact) mass is 421 g/mol. The lowest BCUT2D eigenvalue weighted by Crippen LogP contribution is -2.31. The Balaban J connectivity index is 0.00000225. The number of carbonyl (C=O) groups is 1. The molecule has 0 aliphatic carbocycles. The molecule has 1 aliphatic rings.